The molecule has 1 aliphatic heterocycles. The molecule has 1 amide bonds. The molecule has 0 unspecified atom stereocenters. The predicted octanol–water partition coefficient (Wildman–Crippen LogP) is 3.86. The lowest BCUT2D eigenvalue weighted by Gasteiger charge is -2.31. The van der Waals surface area contributed by atoms with E-state index in [-0.39, 0.29) is 22.6 Å². The summed E-state index contributed by atoms with van der Waals surface area (Å²) in [5.41, 5.74) is 1.70. The molecule has 2 aromatic carbocycles. The smallest absolute Gasteiger partial charge is 0.246 e. The number of methoxy groups -OCH3 is 1. The van der Waals surface area contributed by atoms with Crippen LogP contribution in [0.25, 0.3) is 0 Å². The molecule has 1 saturated heterocycles. The number of para-hydroxylation sites is 1. The maximum absolute atomic E-state index is 13.3. The van der Waals surface area contributed by atoms with Crippen molar-refractivity contribution < 1.29 is 17.9 Å². The van der Waals surface area contributed by atoms with E-state index in [0.29, 0.717) is 31.7 Å². The van der Waals surface area contributed by atoms with Crippen molar-refractivity contribution in [1.82, 2.24) is 4.31 Å². The van der Waals surface area contributed by atoms with E-state index in [0.717, 1.165) is 11.3 Å². The molecule has 2 aromatic rings. The fourth-order valence-corrected chi connectivity index (χ4v) is 5.18. The molecule has 7 heteroatoms. The molecule has 0 bridgehead atoms. The highest BCUT2D eigenvalue weighted by atomic mass is 32.2. The van der Waals surface area contributed by atoms with Crippen molar-refractivity contribution in [3.63, 3.8) is 0 Å². The maximum Gasteiger partial charge on any atom is 0.246 e. The van der Waals surface area contributed by atoms with Gasteiger partial charge in [-0.15, -0.1) is 0 Å². The van der Waals surface area contributed by atoms with Crippen LogP contribution in [0.5, 0.6) is 5.75 Å². The molecular weight excluding hydrogens is 388 g/mol. The van der Waals surface area contributed by atoms with Crippen LogP contribution in [0.3, 0.4) is 0 Å². The molecule has 1 fully saturated rings. The molecule has 0 radical (unpaired) electrons. The molecule has 156 valence electrons. The first-order valence-electron chi connectivity index (χ1n) is 9.87. The van der Waals surface area contributed by atoms with Crippen LogP contribution in [0.2, 0.25) is 0 Å². The van der Waals surface area contributed by atoms with Crippen LogP contribution < -0.4 is 10.1 Å². The Balaban J connectivity index is 1.71. The third-order valence-electron chi connectivity index (χ3n) is 5.34. The highest BCUT2D eigenvalue weighted by Gasteiger charge is 2.34. The van der Waals surface area contributed by atoms with E-state index in [9.17, 15) is 13.2 Å². The van der Waals surface area contributed by atoms with Gasteiger partial charge in [-0.3, -0.25) is 4.79 Å². The zero-order valence-corrected chi connectivity index (χ0v) is 17.9. The van der Waals surface area contributed by atoms with E-state index in [1.807, 2.05) is 50.2 Å². The quantitative estimate of drug-likeness (QED) is 0.776. The lowest BCUT2D eigenvalue weighted by Crippen LogP contribution is -2.41. The van der Waals surface area contributed by atoms with Gasteiger partial charge in [0.05, 0.1) is 7.11 Å². The van der Waals surface area contributed by atoms with E-state index < -0.39 is 10.0 Å². The van der Waals surface area contributed by atoms with Crippen molar-refractivity contribution in [1.29, 1.82) is 0 Å². The van der Waals surface area contributed by atoms with Crippen molar-refractivity contribution >= 4 is 21.6 Å². The van der Waals surface area contributed by atoms with Gasteiger partial charge in [-0.05, 0) is 48.6 Å². The van der Waals surface area contributed by atoms with Gasteiger partial charge in [0, 0.05) is 24.7 Å². The molecule has 29 heavy (non-hydrogen) atoms. The Bertz CT molecular complexity index is 950. The highest BCUT2D eigenvalue weighted by molar-refractivity contribution is 7.89. The zero-order chi connectivity index (χ0) is 21.0. The third kappa shape index (κ3) is 4.79. The summed E-state index contributed by atoms with van der Waals surface area (Å²) in [7, 11) is -2.22. The second-order valence-corrected chi connectivity index (χ2v) is 9.50. The number of hydrogen-bond acceptors (Lipinski definition) is 4. The molecule has 0 atom stereocenters. The lowest BCUT2D eigenvalue weighted by atomic mass is 9.97. The Hall–Kier alpha value is -2.38. The van der Waals surface area contributed by atoms with Crippen molar-refractivity contribution in [2.45, 2.75) is 37.5 Å². The number of nitrogens with one attached hydrogen (secondary N) is 1. The molecular formula is C22H28N2O4S. The largest absolute Gasteiger partial charge is 0.495 e. The van der Waals surface area contributed by atoms with E-state index in [2.05, 4.69) is 5.32 Å². The third-order valence-corrected chi connectivity index (χ3v) is 7.26. The summed E-state index contributed by atoms with van der Waals surface area (Å²) in [6.07, 6.45) is 0.980. The van der Waals surface area contributed by atoms with Gasteiger partial charge in [0.2, 0.25) is 15.9 Å². The number of nitrogens with zero attached hydrogens (tertiary/aromatic N) is 1. The van der Waals surface area contributed by atoms with Gasteiger partial charge in [0.1, 0.15) is 10.6 Å². The molecule has 0 aromatic heterocycles. The fourth-order valence-electron chi connectivity index (χ4n) is 3.52. The summed E-state index contributed by atoms with van der Waals surface area (Å²) in [6, 6.07) is 14.6. The minimum atomic E-state index is -3.69. The zero-order valence-electron chi connectivity index (χ0n) is 17.1. The number of piperidine rings is 1. The van der Waals surface area contributed by atoms with Crippen molar-refractivity contribution in [3.05, 3.63) is 54.1 Å². The Morgan fingerprint density at radius 1 is 1.10 bits per heavy atom. The molecule has 6 nitrogen and oxygen atoms in total. The number of hydrogen-bond donors (Lipinski definition) is 1. The topological polar surface area (TPSA) is 75.7 Å². The normalized spacial score (nSPS) is 16.0. The first-order chi connectivity index (χ1) is 13.8. The highest BCUT2D eigenvalue weighted by Crippen LogP contribution is 2.32. The molecule has 1 aliphatic rings. The number of rotatable bonds is 6. The van der Waals surface area contributed by atoms with Gasteiger partial charge in [-0.1, -0.05) is 38.1 Å². The molecule has 0 aliphatic carbocycles. The van der Waals surface area contributed by atoms with E-state index in [1.165, 1.54) is 11.4 Å². The van der Waals surface area contributed by atoms with Crippen LogP contribution in [0.4, 0.5) is 5.69 Å². The second kappa shape index (κ2) is 8.97. The van der Waals surface area contributed by atoms with Gasteiger partial charge >= 0.3 is 0 Å². The van der Waals surface area contributed by atoms with E-state index in [4.69, 9.17) is 4.74 Å². The number of amides is 1. The molecule has 1 heterocycles. The van der Waals surface area contributed by atoms with Gasteiger partial charge in [0.25, 0.3) is 0 Å². The monoisotopic (exact) mass is 416 g/mol. The minimum Gasteiger partial charge on any atom is -0.495 e. The Morgan fingerprint density at radius 3 is 2.34 bits per heavy atom. The van der Waals surface area contributed by atoms with Crippen LogP contribution in [0.15, 0.2) is 53.4 Å². The average molecular weight is 417 g/mol. The summed E-state index contributed by atoms with van der Waals surface area (Å²) in [4.78, 5) is 12.7. The summed E-state index contributed by atoms with van der Waals surface area (Å²) < 4.78 is 33.3. The number of carbonyl (C=O) groups is 1. The lowest BCUT2D eigenvalue weighted by molar-refractivity contribution is -0.120. The van der Waals surface area contributed by atoms with Gasteiger partial charge in [-0.2, -0.15) is 4.31 Å². The van der Waals surface area contributed by atoms with Crippen LogP contribution in [-0.4, -0.2) is 38.8 Å². The van der Waals surface area contributed by atoms with Crippen LogP contribution >= 0.6 is 0 Å². The fraction of sp³-hybridized carbons (Fsp3) is 0.409. The van der Waals surface area contributed by atoms with E-state index >= 15 is 0 Å². The second-order valence-electron chi connectivity index (χ2n) is 7.60. The number of anilines is 1. The van der Waals surface area contributed by atoms with Gasteiger partial charge in [0.15, 0.2) is 0 Å². The number of benzene rings is 2. The van der Waals surface area contributed by atoms with E-state index in [1.54, 1.807) is 12.1 Å². The van der Waals surface area contributed by atoms with Gasteiger partial charge in [-0.25, -0.2) is 8.42 Å². The van der Waals surface area contributed by atoms with Crippen LogP contribution in [0, 0.1) is 5.92 Å². The Kier molecular flexibility index (Phi) is 6.59. The molecule has 0 spiro atoms. The Labute approximate surface area is 172 Å². The van der Waals surface area contributed by atoms with Gasteiger partial charge < -0.3 is 10.1 Å². The SMILES string of the molecule is COc1ccc(C(C)C)cc1S(=O)(=O)N1CCC(C(=O)Nc2ccccc2)CC1. The predicted molar refractivity (Wildman–Crippen MR) is 114 cm³/mol. The maximum atomic E-state index is 13.3. The first kappa shape index (κ1) is 21.3. The number of ether oxygens (including phenoxy) is 1. The average Bonchev–Trinajstić information content (AvgIpc) is 2.74. The Morgan fingerprint density at radius 2 is 1.76 bits per heavy atom. The first-order valence-corrected chi connectivity index (χ1v) is 11.3. The van der Waals surface area contributed by atoms with Crippen LogP contribution in [-0.2, 0) is 14.8 Å². The summed E-state index contributed by atoms with van der Waals surface area (Å²) in [5, 5.41) is 2.91. The minimum absolute atomic E-state index is 0.0624. The molecule has 1 N–H and O–H groups in total. The van der Waals surface area contributed by atoms with Crippen molar-refractivity contribution in [2.75, 3.05) is 25.5 Å². The standard InChI is InChI=1S/C22H28N2O4S/c1-16(2)18-9-10-20(28-3)21(15-18)29(26,27)24-13-11-17(12-14-24)22(25)23-19-7-5-4-6-8-19/h4-10,15-17H,11-14H2,1-3H3,(H,23,25). The van der Waals surface area contributed by atoms with Crippen LogP contribution in [0.1, 0.15) is 38.2 Å². The summed E-state index contributed by atoms with van der Waals surface area (Å²) in [6.45, 7) is 4.67. The molecule has 0 saturated carbocycles. The number of carbonyl (C=O) groups excluding carboxylic acids is 1. The van der Waals surface area contributed by atoms with Crippen molar-refractivity contribution in [3.8, 4) is 5.75 Å². The summed E-state index contributed by atoms with van der Waals surface area (Å²) >= 11 is 0. The summed E-state index contributed by atoms with van der Waals surface area (Å²) in [5.74, 6) is 0.291. The molecule has 3 rings (SSSR count). The van der Waals surface area contributed by atoms with Crippen molar-refractivity contribution in [2.24, 2.45) is 5.92 Å². The number of sulfonamides is 1.